The lowest BCUT2D eigenvalue weighted by atomic mass is 10.2. The van der Waals surface area contributed by atoms with Gasteiger partial charge in [0, 0.05) is 44.2 Å². The number of anilines is 2. The maximum Gasteiger partial charge on any atom is 0.417 e. The first-order valence-electron chi connectivity index (χ1n) is 12.6. The molecule has 1 aromatic heterocycles. The van der Waals surface area contributed by atoms with E-state index in [4.69, 9.17) is 21.1 Å². The Kier molecular flexibility index (Phi) is 10.4. The van der Waals surface area contributed by atoms with Gasteiger partial charge in [-0.05, 0) is 57.2 Å². The van der Waals surface area contributed by atoms with E-state index < -0.39 is 46.2 Å². The first-order valence-corrected chi connectivity index (χ1v) is 13.0. The Balaban J connectivity index is 1.56. The number of nitrogens with one attached hydrogen (secondary N) is 3. The van der Waals surface area contributed by atoms with Crippen LogP contribution in [-0.4, -0.2) is 53.7 Å². The molecule has 3 N–H and O–H groups in total. The van der Waals surface area contributed by atoms with E-state index in [1.54, 1.807) is 20.8 Å². The Morgan fingerprint density at radius 3 is 2.33 bits per heavy atom. The fourth-order valence-corrected chi connectivity index (χ4v) is 3.58. The minimum atomic E-state index is -4.73. The first kappa shape index (κ1) is 32.9. The second kappa shape index (κ2) is 13.6. The molecule has 3 rings (SSSR count). The van der Waals surface area contributed by atoms with Gasteiger partial charge < -0.3 is 30.3 Å². The molecular weight excluding hydrogens is 598 g/mol. The molecule has 0 radical (unpaired) electrons. The van der Waals surface area contributed by atoms with Crippen molar-refractivity contribution in [2.45, 2.75) is 32.5 Å². The molecule has 2 aromatic carbocycles. The largest absolute Gasteiger partial charge is 0.457 e. The van der Waals surface area contributed by atoms with Crippen LogP contribution in [0.1, 0.15) is 36.8 Å². The maximum absolute atomic E-state index is 14.7. The molecule has 0 aliphatic rings. The monoisotopic (exact) mass is 625 g/mol. The van der Waals surface area contributed by atoms with Gasteiger partial charge >= 0.3 is 18.3 Å². The normalized spacial score (nSPS) is 11.4. The van der Waals surface area contributed by atoms with Crippen molar-refractivity contribution in [1.29, 1.82) is 0 Å². The highest BCUT2D eigenvalue weighted by Gasteiger charge is 2.33. The summed E-state index contributed by atoms with van der Waals surface area (Å²) in [6.45, 7) is 5.53. The van der Waals surface area contributed by atoms with Crippen molar-refractivity contribution in [3.63, 3.8) is 0 Å². The van der Waals surface area contributed by atoms with Gasteiger partial charge in [-0.1, -0.05) is 11.6 Å². The lowest BCUT2D eigenvalue weighted by Crippen LogP contribution is -2.39. The summed E-state index contributed by atoms with van der Waals surface area (Å²) in [4.78, 5) is 42.1. The predicted molar refractivity (Wildman–Crippen MR) is 151 cm³/mol. The molecule has 1 heterocycles. The summed E-state index contributed by atoms with van der Waals surface area (Å²) in [5.41, 5.74) is -2.27. The van der Waals surface area contributed by atoms with Crippen molar-refractivity contribution >= 4 is 41.0 Å². The van der Waals surface area contributed by atoms with Crippen LogP contribution in [0, 0.1) is 5.82 Å². The second-order valence-corrected chi connectivity index (χ2v) is 10.5. The van der Waals surface area contributed by atoms with Crippen LogP contribution < -0.4 is 20.7 Å². The third kappa shape index (κ3) is 10.0. The predicted octanol–water partition coefficient (Wildman–Crippen LogP) is 6.93. The zero-order valence-corrected chi connectivity index (χ0v) is 24.2. The van der Waals surface area contributed by atoms with E-state index in [2.05, 4.69) is 20.9 Å². The van der Waals surface area contributed by atoms with E-state index >= 15 is 0 Å². The zero-order valence-electron chi connectivity index (χ0n) is 23.4. The third-order valence-corrected chi connectivity index (χ3v) is 5.69. The molecule has 0 spiro atoms. The van der Waals surface area contributed by atoms with E-state index in [1.807, 2.05) is 0 Å². The quantitative estimate of drug-likeness (QED) is 0.234. The second-order valence-electron chi connectivity index (χ2n) is 10.0. The molecule has 43 heavy (non-hydrogen) atoms. The number of ether oxygens (including phenoxy) is 2. The summed E-state index contributed by atoms with van der Waals surface area (Å²) < 4.78 is 64.7. The molecule has 3 aromatic rings. The molecule has 0 bridgehead atoms. The molecule has 0 atom stereocenters. The van der Waals surface area contributed by atoms with Crippen molar-refractivity contribution in [2.75, 3.05) is 30.8 Å². The molecule has 0 saturated carbocycles. The number of urea groups is 1. The van der Waals surface area contributed by atoms with Gasteiger partial charge in [0.1, 0.15) is 28.6 Å². The Morgan fingerprint density at radius 2 is 1.67 bits per heavy atom. The average Bonchev–Trinajstić information content (AvgIpc) is 2.89. The lowest BCUT2D eigenvalue weighted by molar-refractivity contribution is -0.137. The van der Waals surface area contributed by atoms with Gasteiger partial charge in [-0.15, -0.1) is 0 Å². The average molecular weight is 626 g/mol. The van der Waals surface area contributed by atoms with Gasteiger partial charge in [0.15, 0.2) is 0 Å². The molecule has 0 unspecified atom stereocenters. The number of pyridine rings is 1. The van der Waals surface area contributed by atoms with Crippen LogP contribution in [0.4, 0.5) is 38.5 Å². The third-order valence-electron chi connectivity index (χ3n) is 5.36. The summed E-state index contributed by atoms with van der Waals surface area (Å²) in [5.74, 6) is -1.26. The number of carbonyl (C=O) groups excluding carboxylic acids is 3. The lowest BCUT2D eigenvalue weighted by Gasteiger charge is -2.24. The molecule has 10 nitrogen and oxygen atoms in total. The Morgan fingerprint density at radius 1 is 0.977 bits per heavy atom. The SMILES string of the molecule is CN(CCNC(=O)c1cc(Oc2ccc(NC(=O)Nc3ccc(Cl)c(C(F)(F)F)c3)c(F)c2)ccn1)C(=O)OC(C)(C)C. The summed E-state index contributed by atoms with van der Waals surface area (Å²) in [7, 11) is 1.53. The number of aromatic nitrogens is 1. The van der Waals surface area contributed by atoms with Crippen molar-refractivity contribution in [3.05, 3.63) is 76.8 Å². The fourth-order valence-electron chi connectivity index (χ4n) is 3.36. The molecule has 0 fully saturated rings. The molecule has 15 heteroatoms. The van der Waals surface area contributed by atoms with Gasteiger partial charge in [-0.2, -0.15) is 13.2 Å². The number of alkyl halides is 3. The molecule has 230 valence electrons. The van der Waals surface area contributed by atoms with Crippen molar-refractivity contribution in [3.8, 4) is 11.5 Å². The Labute approximate surface area is 249 Å². The molecule has 0 saturated heterocycles. The molecular formula is C28H28ClF4N5O5. The number of hydrogen-bond acceptors (Lipinski definition) is 6. The minimum Gasteiger partial charge on any atom is -0.457 e. The standard InChI is InChI=1S/C28H28ClF4N5O5/c1-27(2,3)43-26(41)38(4)12-11-35-24(39)23-15-18(9-10-34-23)42-17-6-8-22(21(30)14-17)37-25(40)36-16-5-7-20(29)19(13-16)28(31,32)33/h5-10,13-15H,11-12H2,1-4H3,(H,35,39)(H2,36,37,40). The highest BCUT2D eigenvalue weighted by molar-refractivity contribution is 6.31. The smallest absolute Gasteiger partial charge is 0.417 e. The number of rotatable bonds is 8. The van der Waals surface area contributed by atoms with Gasteiger partial charge in [-0.25, -0.2) is 14.0 Å². The number of carbonyl (C=O) groups is 3. The number of amides is 4. The van der Waals surface area contributed by atoms with Gasteiger partial charge in [0.05, 0.1) is 16.3 Å². The van der Waals surface area contributed by atoms with Crippen LogP contribution >= 0.6 is 11.6 Å². The van der Waals surface area contributed by atoms with Gasteiger partial charge in [0.25, 0.3) is 5.91 Å². The fraction of sp³-hybridized carbons (Fsp3) is 0.286. The maximum atomic E-state index is 14.7. The number of hydrogen-bond donors (Lipinski definition) is 3. The Hall–Kier alpha value is -4.59. The summed E-state index contributed by atoms with van der Waals surface area (Å²) >= 11 is 5.57. The van der Waals surface area contributed by atoms with Gasteiger partial charge in [-0.3, -0.25) is 9.78 Å². The number of halogens is 5. The van der Waals surface area contributed by atoms with E-state index in [-0.39, 0.29) is 41.7 Å². The molecule has 0 aliphatic heterocycles. The Bertz CT molecular complexity index is 1500. The van der Waals surface area contributed by atoms with Crippen molar-refractivity contribution < 1.29 is 41.4 Å². The minimum absolute atomic E-state index is 0.00345. The van der Waals surface area contributed by atoms with Crippen LogP contribution in [0.15, 0.2) is 54.7 Å². The van der Waals surface area contributed by atoms with E-state index in [1.165, 1.54) is 42.4 Å². The topological polar surface area (TPSA) is 122 Å². The number of likely N-dealkylation sites (N-methyl/N-ethyl adjacent to an activating group) is 1. The summed E-state index contributed by atoms with van der Waals surface area (Å²) in [6, 6.07) is 8.04. The summed E-state index contributed by atoms with van der Waals surface area (Å²) in [6.07, 6.45) is -3.95. The number of nitrogens with zero attached hydrogens (tertiary/aromatic N) is 2. The first-order chi connectivity index (χ1) is 20.0. The number of benzene rings is 2. The van der Waals surface area contributed by atoms with Crippen LogP contribution in [-0.2, 0) is 10.9 Å². The van der Waals surface area contributed by atoms with E-state index in [0.29, 0.717) is 6.07 Å². The van der Waals surface area contributed by atoms with Gasteiger partial charge in [0.2, 0.25) is 0 Å². The highest BCUT2D eigenvalue weighted by Crippen LogP contribution is 2.36. The van der Waals surface area contributed by atoms with Crippen LogP contribution in [0.5, 0.6) is 11.5 Å². The van der Waals surface area contributed by atoms with Crippen LogP contribution in [0.25, 0.3) is 0 Å². The zero-order chi connectivity index (χ0) is 31.9. The molecule has 0 aliphatic carbocycles. The highest BCUT2D eigenvalue weighted by atomic mass is 35.5. The van der Waals surface area contributed by atoms with E-state index in [9.17, 15) is 31.9 Å². The van der Waals surface area contributed by atoms with Crippen LogP contribution in [0.3, 0.4) is 0 Å². The van der Waals surface area contributed by atoms with Crippen LogP contribution in [0.2, 0.25) is 5.02 Å². The van der Waals surface area contributed by atoms with E-state index in [0.717, 1.165) is 18.2 Å². The van der Waals surface area contributed by atoms with Crippen molar-refractivity contribution in [2.24, 2.45) is 0 Å². The summed E-state index contributed by atoms with van der Waals surface area (Å²) in [5, 5.41) is 6.48. The van der Waals surface area contributed by atoms with Crippen molar-refractivity contribution in [1.82, 2.24) is 15.2 Å². The molecule has 4 amide bonds.